The van der Waals surface area contributed by atoms with E-state index >= 15 is 0 Å². The molecule has 1 saturated heterocycles. The molecule has 1 heterocycles. The molecule has 1 aliphatic rings. The van der Waals surface area contributed by atoms with E-state index in [9.17, 15) is 9.90 Å². The molecule has 35 heavy (non-hydrogen) atoms. The Hall–Kier alpha value is -2.84. The van der Waals surface area contributed by atoms with Crippen molar-refractivity contribution < 1.29 is 24.1 Å². The predicted octanol–water partition coefficient (Wildman–Crippen LogP) is 4.23. The molecular formula is C28H33NO5S. The lowest BCUT2D eigenvalue weighted by Gasteiger charge is -2.31. The molecule has 0 aliphatic carbocycles. The SMILES string of the molecule is C=CC[C@H](COCc1ccccc1)O[C@@H](C(=O)N1C(=S)OC[C@H]1Cc1ccccc1)[C@@H](O)CC=C. The first-order chi connectivity index (χ1) is 17.0. The number of carbonyl (C=O) groups excluding carboxylic acids is 1. The zero-order valence-corrected chi connectivity index (χ0v) is 20.6. The van der Waals surface area contributed by atoms with Gasteiger partial charge in [-0.3, -0.25) is 9.69 Å². The van der Waals surface area contributed by atoms with Gasteiger partial charge < -0.3 is 19.3 Å². The number of hydrogen-bond acceptors (Lipinski definition) is 6. The van der Waals surface area contributed by atoms with E-state index in [1.807, 2.05) is 60.7 Å². The summed E-state index contributed by atoms with van der Waals surface area (Å²) in [4.78, 5) is 15.1. The Balaban J connectivity index is 1.72. The summed E-state index contributed by atoms with van der Waals surface area (Å²) >= 11 is 5.35. The zero-order valence-electron chi connectivity index (χ0n) is 19.8. The molecule has 7 heteroatoms. The number of aliphatic hydroxyl groups excluding tert-OH is 1. The van der Waals surface area contributed by atoms with Crippen molar-refractivity contribution in [1.82, 2.24) is 4.90 Å². The summed E-state index contributed by atoms with van der Waals surface area (Å²) in [6.45, 7) is 8.43. The van der Waals surface area contributed by atoms with E-state index in [-0.39, 0.29) is 24.2 Å². The molecule has 0 spiro atoms. The lowest BCUT2D eigenvalue weighted by Crippen LogP contribution is -2.51. The van der Waals surface area contributed by atoms with Gasteiger partial charge in [0.2, 0.25) is 0 Å². The van der Waals surface area contributed by atoms with E-state index < -0.39 is 24.2 Å². The molecule has 3 rings (SSSR count). The van der Waals surface area contributed by atoms with Gasteiger partial charge in [0, 0.05) is 0 Å². The highest BCUT2D eigenvalue weighted by Gasteiger charge is 2.42. The van der Waals surface area contributed by atoms with Gasteiger partial charge in [-0.1, -0.05) is 72.8 Å². The molecule has 6 nitrogen and oxygen atoms in total. The van der Waals surface area contributed by atoms with Gasteiger partial charge >= 0.3 is 0 Å². The van der Waals surface area contributed by atoms with Crippen LogP contribution in [0.25, 0.3) is 0 Å². The molecule has 1 N–H and O–H groups in total. The van der Waals surface area contributed by atoms with E-state index in [2.05, 4.69) is 13.2 Å². The second-order valence-electron chi connectivity index (χ2n) is 8.42. The van der Waals surface area contributed by atoms with Crippen LogP contribution < -0.4 is 0 Å². The topological polar surface area (TPSA) is 68.2 Å². The van der Waals surface area contributed by atoms with Crippen LogP contribution in [0.3, 0.4) is 0 Å². The lowest BCUT2D eigenvalue weighted by molar-refractivity contribution is -0.158. The van der Waals surface area contributed by atoms with Crippen LogP contribution in [0, 0.1) is 0 Å². The highest BCUT2D eigenvalue weighted by molar-refractivity contribution is 7.80. The maximum Gasteiger partial charge on any atom is 0.266 e. The molecule has 0 unspecified atom stereocenters. The quantitative estimate of drug-likeness (QED) is 0.313. The van der Waals surface area contributed by atoms with Gasteiger partial charge in [-0.15, -0.1) is 13.2 Å². The van der Waals surface area contributed by atoms with Crippen LogP contribution in [-0.2, 0) is 32.0 Å². The Morgan fingerprint density at radius 3 is 2.34 bits per heavy atom. The Labute approximate surface area is 212 Å². The predicted molar refractivity (Wildman–Crippen MR) is 140 cm³/mol. The Morgan fingerprint density at radius 2 is 1.71 bits per heavy atom. The van der Waals surface area contributed by atoms with Crippen LogP contribution in [-0.4, -0.2) is 58.7 Å². The third-order valence-corrected chi connectivity index (χ3v) is 6.01. The number of ether oxygens (including phenoxy) is 3. The Morgan fingerprint density at radius 1 is 1.09 bits per heavy atom. The minimum absolute atomic E-state index is 0.0935. The molecule has 0 saturated carbocycles. The monoisotopic (exact) mass is 495 g/mol. The molecule has 186 valence electrons. The zero-order chi connectivity index (χ0) is 25.0. The maximum absolute atomic E-state index is 13.7. The minimum Gasteiger partial charge on any atom is -0.468 e. The van der Waals surface area contributed by atoms with E-state index in [4.69, 9.17) is 26.4 Å². The lowest BCUT2D eigenvalue weighted by atomic mass is 10.0. The summed E-state index contributed by atoms with van der Waals surface area (Å²) in [5.41, 5.74) is 2.10. The second-order valence-corrected chi connectivity index (χ2v) is 8.77. The minimum atomic E-state index is -1.16. The number of benzene rings is 2. The third kappa shape index (κ3) is 7.83. The van der Waals surface area contributed by atoms with E-state index in [1.165, 1.54) is 4.90 Å². The Bertz CT molecular complexity index is 968. The highest BCUT2D eigenvalue weighted by Crippen LogP contribution is 2.22. The van der Waals surface area contributed by atoms with E-state index in [1.54, 1.807) is 12.2 Å². The van der Waals surface area contributed by atoms with Gasteiger partial charge in [-0.25, -0.2) is 0 Å². The van der Waals surface area contributed by atoms with Gasteiger partial charge in [0.25, 0.3) is 11.1 Å². The van der Waals surface area contributed by atoms with Crippen LogP contribution in [0.5, 0.6) is 0 Å². The van der Waals surface area contributed by atoms with Gasteiger partial charge in [0.15, 0.2) is 6.10 Å². The van der Waals surface area contributed by atoms with Crippen molar-refractivity contribution in [3.05, 3.63) is 97.1 Å². The van der Waals surface area contributed by atoms with Crippen molar-refractivity contribution in [2.75, 3.05) is 13.2 Å². The summed E-state index contributed by atoms with van der Waals surface area (Å²) in [5, 5.41) is 10.9. The number of amides is 1. The summed E-state index contributed by atoms with van der Waals surface area (Å²) in [5.74, 6) is -0.431. The summed E-state index contributed by atoms with van der Waals surface area (Å²) in [6, 6.07) is 19.3. The van der Waals surface area contributed by atoms with Gasteiger partial charge in [-0.2, -0.15) is 0 Å². The molecule has 2 aromatic rings. The number of hydrogen-bond donors (Lipinski definition) is 1. The van der Waals surface area contributed by atoms with Crippen molar-refractivity contribution in [3.8, 4) is 0 Å². The average Bonchev–Trinajstić information content (AvgIpc) is 3.23. The van der Waals surface area contributed by atoms with Gasteiger partial charge in [0.05, 0.1) is 31.5 Å². The van der Waals surface area contributed by atoms with Crippen molar-refractivity contribution in [3.63, 3.8) is 0 Å². The van der Waals surface area contributed by atoms with Crippen LogP contribution in [0.4, 0.5) is 0 Å². The highest BCUT2D eigenvalue weighted by atomic mass is 32.1. The van der Waals surface area contributed by atoms with Crippen molar-refractivity contribution in [2.45, 2.75) is 50.2 Å². The molecule has 1 amide bonds. The number of thiocarbonyl (C=S) groups is 1. The molecule has 2 aromatic carbocycles. The third-order valence-electron chi connectivity index (χ3n) is 5.70. The summed E-state index contributed by atoms with van der Waals surface area (Å²) < 4.78 is 17.6. The largest absolute Gasteiger partial charge is 0.468 e. The molecule has 0 aromatic heterocycles. The van der Waals surface area contributed by atoms with E-state index in [0.29, 0.717) is 26.1 Å². The molecular weight excluding hydrogens is 462 g/mol. The van der Waals surface area contributed by atoms with Crippen LogP contribution in [0.15, 0.2) is 86.0 Å². The second kappa shape index (κ2) is 13.9. The van der Waals surface area contributed by atoms with Gasteiger partial charge in [-0.05, 0) is 42.6 Å². The molecule has 1 aliphatic heterocycles. The van der Waals surface area contributed by atoms with Gasteiger partial charge in [0.1, 0.15) is 6.61 Å². The smallest absolute Gasteiger partial charge is 0.266 e. The molecule has 0 radical (unpaired) electrons. The van der Waals surface area contributed by atoms with Crippen molar-refractivity contribution in [2.24, 2.45) is 0 Å². The average molecular weight is 496 g/mol. The van der Waals surface area contributed by atoms with Crippen LogP contribution >= 0.6 is 12.2 Å². The fourth-order valence-electron chi connectivity index (χ4n) is 3.95. The van der Waals surface area contributed by atoms with Crippen molar-refractivity contribution >= 4 is 23.3 Å². The fraction of sp³-hybridized carbons (Fsp3) is 0.357. The first-order valence-electron chi connectivity index (χ1n) is 11.7. The summed E-state index contributed by atoms with van der Waals surface area (Å²) in [7, 11) is 0. The van der Waals surface area contributed by atoms with Crippen LogP contribution in [0.1, 0.15) is 24.0 Å². The normalized spacial score (nSPS) is 17.9. The number of aliphatic hydroxyl groups is 1. The maximum atomic E-state index is 13.7. The number of rotatable bonds is 14. The van der Waals surface area contributed by atoms with Crippen molar-refractivity contribution in [1.29, 1.82) is 0 Å². The Kier molecular flexibility index (Phi) is 10.6. The molecule has 1 fully saturated rings. The molecule has 0 bridgehead atoms. The first kappa shape index (κ1) is 26.8. The number of carbonyl (C=O) groups is 1. The summed E-state index contributed by atoms with van der Waals surface area (Å²) in [6.07, 6.45) is 1.75. The van der Waals surface area contributed by atoms with Crippen LogP contribution in [0.2, 0.25) is 0 Å². The van der Waals surface area contributed by atoms with E-state index in [0.717, 1.165) is 11.1 Å². The standard InChI is InChI=1S/C28H33NO5S/c1-3-11-24(20-32-18-22-15-9-6-10-16-22)34-26(25(30)12-4-2)27(31)29-23(19-33-28(29)35)17-21-13-7-5-8-14-21/h3-10,13-16,23-26,30H,1-2,11-12,17-20H2/t23-,24-,25+,26-/m1/s1. The molecule has 4 atom stereocenters. The number of nitrogens with zero attached hydrogens (tertiary/aromatic N) is 1. The first-order valence-corrected chi connectivity index (χ1v) is 12.1. The fourth-order valence-corrected chi connectivity index (χ4v) is 4.26.